The van der Waals surface area contributed by atoms with Gasteiger partial charge in [0.15, 0.2) is 0 Å². The molecule has 0 amide bonds. The van der Waals surface area contributed by atoms with Crippen LogP contribution in [0.2, 0.25) is 0 Å². The zero-order valence-electron chi connectivity index (χ0n) is 16.7. The van der Waals surface area contributed by atoms with Crippen molar-refractivity contribution in [2.75, 3.05) is 33.2 Å². The van der Waals surface area contributed by atoms with Gasteiger partial charge in [-0.05, 0) is 37.2 Å². The molecule has 0 spiro atoms. The third-order valence-electron chi connectivity index (χ3n) is 5.49. The Morgan fingerprint density at radius 1 is 1.00 bits per heavy atom. The molecule has 1 fully saturated rings. The number of rotatable bonds is 5. The Morgan fingerprint density at radius 3 is 2.43 bits per heavy atom. The second-order valence-corrected chi connectivity index (χ2v) is 7.84. The van der Waals surface area contributed by atoms with Crippen LogP contribution in [-0.4, -0.2) is 53.8 Å². The quantitative estimate of drug-likeness (QED) is 0.682. The van der Waals surface area contributed by atoms with E-state index in [9.17, 15) is 4.79 Å². The zero-order chi connectivity index (χ0) is 19.5. The summed E-state index contributed by atoms with van der Waals surface area (Å²) in [6.45, 7) is 7.02. The molecule has 2 aromatic carbocycles. The first-order valence-corrected chi connectivity index (χ1v) is 9.97. The number of nitrogens with zero attached hydrogens (tertiary/aromatic N) is 3. The first-order valence-electron chi connectivity index (χ1n) is 9.97. The van der Waals surface area contributed by atoms with Crippen LogP contribution >= 0.6 is 0 Å². The number of para-hydroxylation sites is 1. The number of carbonyl (C=O) groups is 1. The Hall–Kier alpha value is -2.56. The van der Waals surface area contributed by atoms with Gasteiger partial charge < -0.3 is 4.90 Å². The molecule has 1 aliphatic heterocycles. The van der Waals surface area contributed by atoms with Crippen molar-refractivity contribution in [3.63, 3.8) is 0 Å². The minimum absolute atomic E-state index is 0.186. The van der Waals surface area contributed by atoms with E-state index in [0.717, 1.165) is 55.1 Å². The maximum atomic E-state index is 11.3. The summed E-state index contributed by atoms with van der Waals surface area (Å²) in [5, 5.41) is 1.23. The van der Waals surface area contributed by atoms with Crippen LogP contribution in [0.1, 0.15) is 18.1 Å². The minimum Gasteiger partial charge on any atom is -0.304 e. The van der Waals surface area contributed by atoms with Crippen LogP contribution in [0, 0.1) is 0 Å². The van der Waals surface area contributed by atoms with Crippen molar-refractivity contribution < 1.29 is 4.79 Å². The van der Waals surface area contributed by atoms with Crippen LogP contribution in [0.4, 0.5) is 0 Å². The van der Waals surface area contributed by atoms with Crippen molar-refractivity contribution in [3.8, 4) is 11.3 Å². The van der Waals surface area contributed by atoms with Crippen LogP contribution in [0.25, 0.3) is 22.2 Å². The van der Waals surface area contributed by atoms with E-state index in [0.29, 0.717) is 6.42 Å². The van der Waals surface area contributed by atoms with Gasteiger partial charge in [0.05, 0.1) is 11.2 Å². The third kappa shape index (κ3) is 4.29. The molecule has 1 aromatic heterocycles. The van der Waals surface area contributed by atoms with Crippen LogP contribution in [0.15, 0.2) is 54.6 Å². The van der Waals surface area contributed by atoms with Crippen molar-refractivity contribution in [3.05, 3.63) is 65.7 Å². The number of fused-ring (bicyclic) bond motifs is 1. The molecular formula is C24H27N3O. The maximum Gasteiger partial charge on any atom is 0.134 e. The molecule has 2 heterocycles. The average Bonchev–Trinajstić information content (AvgIpc) is 2.70. The zero-order valence-corrected chi connectivity index (χ0v) is 16.7. The fourth-order valence-electron chi connectivity index (χ4n) is 3.85. The van der Waals surface area contributed by atoms with Gasteiger partial charge in [-0.15, -0.1) is 0 Å². The molecular weight excluding hydrogens is 346 g/mol. The van der Waals surface area contributed by atoms with Gasteiger partial charge in [-0.1, -0.05) is 42.5 Å². The van der Waals surface area contributed by atoms with Crippen LogP contribution < -0.4 is 0 Å². The fourth-order valence-corrected chi connectivity index (χ4v) is 3.85. The molecule has 0 radical (unpaired) electrons. The number of ketones is 1. The number of aromatic nitrogens is 1. The SMILES string of the molecule is CC(=O)Cc1ccc(-c2cc(CN3CCN(C)CC3)c3ccccc3n2)cc1. The molecule has 28 heavy (non-hydrogen) atoms. The van der Waals surface area contributed by atoms with Crippen molar-refractivity contribution in [1.29, 1.82) is 0 Å². The summed E-state index contributed by atoms with van der Waals surface area (Å²) in [6.07, 6.45) is 0.486. The van der Waals surface area contributed by atoms with Gasteiger partial charge in [0.1, 0.15) is 5.78 Å². The molecule has 3 aromatic rings. The van der Waals surface area contributed by atoms with Crippen LogP contribution in [0.5, 0.6) is 0 Å². The minimum atomic E-state index is 0.186. The number of hydrogen-bond donors (Lipinski definition) is 0. The predicted octanol–water partition coefficient (Wildman–Crippen LogP) is 3.78. The van der Waals surface area contributed by atoms with E-state index < -0.39 is 0 Å². The average molecular weight is 374 g/mol. The monoisotopic (exact) mass is 373 g/mol. The second-order valence-electron chi connectivity index (χ2n) is 7.84. The maximum absolute atomic E-state index is 11.3. The second kappa shape index (κ2) is 8.21. The van der Waals surface area contributed by atoms with E-state index in [1.54, 1.807) is 6.92 Å². The normalized spacial score (nSPS) is 15.8. The summed E-state index contributed by atoms with van der Waals surface area (Å²) in [6, 6.07) is 18.9. The highest BCUT2D eigenvalue weighted by molar-refractivity contribution is 5.85. The molecule has 1 saturated heterocycles. The Morgan fingerprint density at radius 2 is 1.71 bits per heavy atom. The predicted molar refractivity (Wildman–Crippen MR) is 114 cm³/mol. The van der Waals surface area contributed by atoms with Gasteiger partial charge in [0.2, 0.25) is 0 Å². The first-order chi connectivity index (χ1) is 13.6. The van der Waals surface area contributed by atoms with Gasteiger partial charge in [-0.25, -0.2) is 4.98 Å². The Bertz CT molecular complexity index is 973. The van der Waals surface area contributed by atoms with Gasteiger partial charge in [0, 0.05) is 50.1 Å². The molecule has 0 N–H and O–H groups in total. The summed E-state index contributed by atoms with van der Waals surface area (Å²) in [5.41, 5.74) is 5.51. The third-order valence-corrected chi connectivity index (χ3v) is 5.49. The van der Waals surface area contributed by atoms with Crippen molar-refractivity contribution >= 4 is 16.7 Å². The highest BCUT2D eigenvalue weighted by Crippen LogP contribution is 2.26. The largest absolute Gasteiger partial charge is 0.304 e. The molecule has 144 valence electrons. The van der Waals surface area contributed by atoms with E-state index in [-0.39, 0.29) is 5.78 Å². The molecule has 0 aliphatic carbocycles. The lowest BCUT2D eigenvalue weighted by Crippen LogP contribution is -2.43. The molecule has 1 aliphatic rings. The van der Waals surface area contributed by atoms with E-state index in [1.165, 1.54) is 10.9 Å². The Kier molecular flexibility index (Phi) is 5.51. The number of benzene rings is 2. The van der Waals surface area contributed by atoms with E-state index in [4.69, 9.17) is 4.98 Å². The number of Topliss-reactive ketones (excluding diaryl/α,β-unsaturated/α-hetero) is 1. The smallest absolute Gasteiger partial charge is 0.134 e. The number of carbonyl (C=O) groups excluding carboxylic acids is 1. The lowest BCUT2D eigenvalue weighted by molar-refractivity contribution is -0.116. The van der Waals surface area contributed by atoms with Gasteiger partial charge >= 0.3 is 0 Å². The summed E-state index contributed by atoms with van der Waals surface area (Å²) >= 11 is 0. The fraction of sp³-hybridized carbons (Fsp3) is 0.333. The number of pyridine rings is 1. The molecule has 4 rings (SSSR count). The summed E-state index contributed by atoms with van der Waals surface area (Å²) in [5.74, 6) is 0.186. The lowest BCUT2D eigenvalue weighted by atomic mass is 10.0. The standard InChI is InChI=1S/C24H27N3O/c1-18(28)15-19-7-9-20(10-8-19)24-16-21(17-27-13-11-26(2)12-14-27)22-5-3-4-6-23(22)25-24/h3-10,16H,11-15,17H2,1-2H3. The van der Waals surface area contributed by atoms with E-state index in [2.05, 4.69) is 59.3 Å². The van der Waals surface area contributed by atoms with Gasteiger partial charge in [-0.2, -0.15) is 0 Å². The molecule has 0 saturated carbocycles. The lowest BCUT2D eigenvalue weighted by Gasteiger charge is -2.32. The Balaban J connectivity index is 1.66. The van der Waals surface area contributed by atoms with E-state index in [1.807, 2.05) is 12.1 Å². The van der Waals surface area contributed by atoms with Gasteiger partial charge in [0.25, 0.3) is 0 Å². The van der Waals surface area contributed by atoms with Crippen molar-refractivity contribution in [2.24, 2.45) is 0 Å². The number of likely N-dealkylation sites (N-methyl/N-ethyl adjacent to an activating group) is 1. The summed E-state index contributed by atoms with van der Waals surface area (Å²) in [4.78, 5) is 21.2. The van der Waals surface area contributed by atoms with E-state index >= 15 is 0 Å². The summed E-state index contributed by atoms with van der Waals surface area (Å²) < 4.78 is 0. The highest BCUT2D eigenvalue weighted by atomic mass is 16.1. The molecule has 0 bridgehead atoms. The summed E-state index contributed by atoms with van der Waals surface area (Å²) in [7, 11) is 2.19. The number of hydrogen-bond acceptors (Lipinski definition) is 4. The number of piperazine rings is 1. The highest BCUT2D eigenvalue weighted by Gasteiger charge is 2.16. The molecule has 0 atom stereocenters. The molecule has 0 unspecified atom stereocenters. The molecule has 4 nitrogen and oxygen atoms in total. The van der Waals surface area contributed by atoms with Crippen molar-refractivity contribution in [1.82, 2.24) is 14.8 Å². The van der Waals surface area contributed by atoms with Crippen LogP contribution in [-0.2, 0) is 17.8 Å². The topological polar surface area (TPSA) is 36.4 Å². The first kappa shape index (κ1) is 18.8. The molecule has 4 heteroatoms. The van der Waals surface area contributed by atoms with Crippen molar-refractivity contribution in [2.45, 2.75) is 19.9 Å². The van der Waals surface area contributed by atoms with Crippen LogP contribution in [0.3, 0.4) is 0 Å². The Labute approximate surface area is 166 Å². The van der Waals surface area contributed by atoms with Gasteiger partial charge in [-0.3, -0.25) is 9.69 Å².